The lowest BCUT2D eigenvalue weighted by atomic mass is 9.96. The van der Waals surface area contributed by atoms with E-state index in [4.69, 9.17) is 9.84 Å². The van der Waals surface area contributed by atoms with E-state index in [1.54, 1.807) is 7.05 Å². The maximum atomic E-state index is 13.7. The number of halogens is 2. The number of likely N-dealkylation sites (N-methyl/N-ethyl adjacent to an activating group) is 1. The minimum atomic E-state index is -0.922. The Kier molecular flexibility index (Phi) is 4.19. The van der Waals surface area contributed by atoms with E-state index >= 15 is 0 Å². The number of benzene rings is 1. The van der Waals surface area contributed by atoms with Crippen molar-refractivity contribution in [1.29, 1.82) is 0 Å². The second kappa shape index (κ2) is 6.12. The summed E-state index contributed by atoms with van der Waals surface area (Å²) in [6, 6.07) is 2.21. The van der Waals surface area contributed by atoms with Crippen molar-refractivity contribution in [2.75, 3.05) is 32.1 Å². The Balaban J connectivity index is 2.27. The van der Waals surface area contributed by atoms with Crippen LogP contribution in [0.3, 0.4) is 0 Å². The topological polar surface area (TPSA) is 66.4 Å². The molecule has 0 saturated carbocycles. The summed E-state index contributed by atoms with van der Waals surface area (Å²) in [4.78, 5) is 4.47. The van der Waals surface area contributed by atoms with E-state index in [2.05, 4.69) is 15.6 Å². The number of pyridine rings is 1. The summed E-state index contributed by atoms with van der Waals surface area (Å²) in [7, 11) is 1.78. The average molecular weight is 309 g/mol. The van der Waals surface area contributed by atoms with Crippen molar-refractivity contribution in [3.05, 3.63) is 35.0 Å². The van der Waals surface area contributed by atoms with E-state index in [9.17, 15) is 8.78 Å². The predicted molar refractivity (Wildman–Crippen MR) is 78.7 cm³/mol. The van der Waals surface area contributed by atoms with Gasteiger partial charge in [0, 0.05) is 17.5 Å². The highest BCUT2D eigenvalue weighted by atomic mass is 19.2. The van der Waals surface area contributed by atoms with Gasteiger partial charge in [0.1, 0.15) is 5.82 Å². The third-order valence-electron chi connectivity index (χ3n) is 3.79. The molecule has 7 heteroatoms. The number of aliphatic hydroxyl groups excluding tert-OH is 1. The molecule has 22 heavy (non-hydrogen) atoms. The van der Waals surface area contributed by atoms with Crippen molar-refractivity contribution in [2.45, 2.75) is 12.6 Å². The number of anilines is 1. The minimum absolute atomic E-state index is 0.0838. The van der Waals surface area contributed by atoms with Crippen LogP contribution in [0.25, 0.3) is 10.8 Å². The Hall–Kier alpha value is -1.83. The normalized spacial score (nSPS) is 17.5. The number of nitrogens with one attached hydrogen (secondary N) is 2. The van der Waals surface area contributed by atoms with Gasteiger partial charge in [0.15, 0.2) is 11.6 Å². The monoisotopic (exact) mass is 309 g/mol. The van der Waals surface area contributed by atoms with Crippen LogP contribution in [0, 0.1) is 11.6 Å². The van der Waals surface area contributed by atoms with Gasteiger partial charge in [-0.05, 0) is 24.6 Å². The van der Waals surface area contributed by atoms with Gasteiger partial charge < -0.3 is 20.5 Å². The molecule has 0 fully saturated rings. The number of aliphatic hydroxyl groups is 1. The second-order valence-corrected chi connectivity index (χ2v) is 5.14. The van der Waals surface area contributed by atoms with E-state index in [0.29, 0.717) is 35.5 Å². The fraction of sp³-hybridized carbons (Fsp3) is 0.400. The predicted octanol–water partition coefficient (Wildman–Crippen LogP) is 1.71. The lowest BCUT2D eigenvalue weighted by Crippen LogP contribution is -2.28. The van der Waals surface area contributed by atoms with E-state index in [1.807, 2.05) is 0 Å². The minimum Gasteiger partial charge on any atom is -0.395 e. The van der Waals surface area contributed by atoms with Gasteiger partial charge in [0.25, 0.3) is 0 Å². The van der Waals surface area contributed by atoms with Gasteiger partial charge in [-0.25, -0.2) is 13.8 Å². The lowest BCUT2D eigenvalue weighted by molar-refractivity contribution is 0.0821. The van der Waals surface area contributed by atoms with Gasteiger partial charge in [0.05, 0.1) is 31.6 Å². The van der Waals surface area contributed by atoms with Crippen LogP contribution in [0.1, 0.15) is 17.3 Å². The number of hydrogen-bond acceptors (Lipinski definition) is 5. The highest BCUT2D eigenvalue weighted by molar-refractivity contribution is 5.95. The molecule has 2 heterocycles. The maximum Gasteiger partial charge on any atom is 0.159 e. The van der Waals surface area contributed by atoms with Crippen LogP contribution < -0.4 is 10.6 Å². The molecule has 0 bridgehead atoms. The van der Waals surface area contributed by atoms with Crippen LogP contribution in [-0.4, -0.2) is 36.9 Å². The number of nitrogens with zero attached hydrogens (tertiary/aromatic N) is 1. The first-order chi connectivity index (χ1) is 10.7. The molecule has 3 rings (SSSR count). The molecule has 1 atom stereocenters. The van der Waals surface area contributed by atoms with Crippen molar-refractivity contribution in [1.82, 2.24) is 10.3 Å². The molecule has 1 aliphatic heterocycles. The molecule has 0 radical (unpaired) electrons. The fourth-order valence-electron chi connectivity index (χ4n) is 2.77. The van der Waals surface area contributed by atoms with Crippen LogP contribution in [0.2, 0.25) is 0 Å². The molecular weight excluding hydrogens is 292 g/mol. The van der Waals surface area contributed by atoms with E-state index in [1.165, 1.54) is 6.07 Å². The third kappa shape index (κ3) is 2.51. The number of aromatic nitrogens is 1. The summed E-state index contributed by atoms with van der Waals surface area (Å²) in [5, 5.41) is 16.1. The summed E-state index contributed by atoms with van der Waals surface area (Å²) in [6.07, 6.45) is 0. The summed E-state index contributed by atoms with van der Waals surface area (Å²) < 4.78 is 32.9. The number of fused-ring (bicyclic) bond motifs is 3. The molecule has 0 spiro atoms. The van der Waals surface area contributed by atoms with Gasteiger partial charge >= 0.3 is 0 Å². The van der Waals surface area contributed by atoms with Gasteiger partial charge in [-0.2, -0.15) is 0 Å². The van der Waals surface area contributed by atoms with Crippen molar-refractivity contribution in [2.24, 2.45) is 0 Å². The first kappa shape index (κ1) is 15.1. The first-order valence-electron chi connectivity index (χ1n) is 7.07. The fourth-order valence-corrected chi connectivity index (χ4v) is 2.77. The van der Waals surface area contributed by atoms with Crippen LogP contribution in [0.5, 0.6) is 0 Å². The Bertz CT molecular complexity index is 709. The van der Waals surface area contributed by atoms with Crippen LogP contribution in [0.15, 0.2) is 12.1 Å². The van der Waals surface area contributed by atoms with Gasteiger partial charge in [0.2, 0.25) is 0 Å². The molecule has 1 unspecified atom stereocenters. The summed E-state index contributed by atoms with van der Waals surface area (Å²) >= 11 is 0. The quantitative estimate of drug-likeness (QED) is 0.802. The zero-order chi connectivity index (χ0) is 15.7. The zero-order valence-electron chi connectivity index (χ0n) is 12.1. The maximum absolute atomic E-state index is 13.7. The van der Waals surface area contributed by atoms with Gasteiger partial charge in [-0.15, -0.1) is 0 Å². The highest BCUT2D eigenvalue weighted by Crippen LogP contribution is 2.35. The SMILES string of the molecule is CNC1COCc2nc(NCCO)c3cc(F)c(F)cc3c21. The van der Waals surface area contributed by atoms with Gasteiger partial charge in [-0.1, -0.05) is 0 Å². The first-order valence-corrected chi connectivity index (χ1v) is 7.07. The molecule has 3 N–H and O–H groups in total. The van der Waals surface area contributed by atoms with E-state index < -0.39 is 11.6 Å². The third-order valence-corrected chi connectivity index (χ3v) is 3.79. The largest absolute Gasteiger partial charge is 0.395 e. The van der Waals surface area contributed by atoms with E-state index in [0.717, 1.165) is 11.6 Å². The lowest BCUT2D eigenvalue weighted by Gasteiger charge is -2.27. The summed E-state index contributed by atoms with van der Waals surface area (Å²) in [6.45, 7) is 0.953. The molecular formula is C15H17F2N3O2. The molecule has 118 valence electrons. The van der Waals surface area contributed by atoms with Crippen molar-refractivity contribution in [3.63, 3.8) is 0 Å². The highest BCUT2D eigenvalue weighted by Gasteiger charge is 2.25. The molecule has 1 aromatic carbocycles. The standard InChI is InChI=1S/C15H17F2N3O2/c1-18-12-6-22-7-13-14(12)8-4-10(16)11(17)5-9(8)15(20-13)19-2-3-21/h4-5,12,18,21H,2-3,6-7H2,1H3,(H,19,20). The molecule has 2 aromatic rings. The van der Waals surface area contributed by atoms with Crippen molar-refractivity contribution >= 4 is 16.6 Å². The molecule has 0 amide bonds. The van der Waals surface area contributed by atoms with Crippen molar-refractivity contribution < 1.29 is 18.6 Å². The second-order valence-electron chi connectivity index (χ2n) is 5.14. The summed E-state index contributed by atoms with van der Waals surface area (Å²) in [5.74, 6) is -1.40. The molecule has 1 aliphatic rings. The number of hydrogen-bond donors (Lipinski definition) is 3. The Morgan fingerprint density at radius 1 is 1.32 bits per heavy atom. The number of rotatable bonds is 4. The molecule has 0 aliphatic carbocycles. The smallest absolute Gasteiger partial charge is 0.159 e. The summed E-state index contributed by atoms with van der Waals surface area (Å²) in [5.41, 5.74) is 1.52. The Labute approximate surface area is 126 Å². The van der Waals surface area contributed by atoms with Gasteiger partial charge in [-0.3, -0.25) is 0 Å². The number of ether oxygens (including phenoxy) is 1. The van der Waals surface area contributed by atoms with E-state index in [-0.39, 0.29) is 19.2 Å². The van der Waals surface area contributed by atoms with Crippen molar-refractivity contribution in [3.8, 4) is 0 Å². The Morgan fingerprint density at radius 3 is 2.73 bits per heavy atom. The zero-order valence-corrected chi connectivity index (χ0v) is 12.1. The van der Waals surface area contributed by atoms with Crippen LogP contribution in [-0.2, 0) is 11.3 Å². The molecule has 1 aromatic heterocycles. The molecule has 5 nitrogen and oxygen atoms in total. The van der Waals surface area contributed by atoms with Crippen LogP contribution >= 0.6 is 0 Å². The average Bonchev–Trinajstić information content (AvgIpc) is 2.53. The van der Waals surface area contributed by atoms with Crippen LogP contribution in [0.4, 0.5) is 14.6 Å². The molecule has 0 saturated heterocycles. The Morgan fingerprint density at radius 2 is 2.05 bits per heavy atom.